The van der Waals surface area contributed by atoms with Crippen LogP contribution in [0.2, 0.25) is 0 Å². The van der Waals surface area contributed by atoms with E-state index in [9.17, 15) is 9.90 Å². The number of aryl methyl sites for hydroxylation is 1. The molecule has 1 unspecified atom stereocenters. The second-order valence-corrected chi connectivity index (χ2v) is 7.19. The molecule has 28 heavy (non-hydrogen) atoms. The highest BCUT2D eigenvalue weighted by Crippen LogP contribution is 2.20. The van der Waals surface area contributed by atoms with Gasteiger partial charge in [0.25, 0.3) is 0 Å². The Labute approximate surface area is 165 Å². The first kappa shape index (κ1) is 19.9. The third kappa shape index (κ3) is 4.32. The molecular weight excluding hydrogens is 352 g/mol. The summed E-state index contributed by atoms with van der Waals surface area (Å²) in [5.41, 5.74) is 2.20. The highest BCUT2D eigenvalue weighted by Gasteiger charge is 2.16. The molecule has 0 radical (unpaired) electrons. The fourth-order valence-corrected chi connectivity index (χ4v) is 3.22. The third-order valence-corrected chi connectivity index (χ3v) is 5.07. The van der Waals surface area contributed by atoms with E-state index in [-0.39, 0.29) is 5.69 Å². The summed E-state index contributed by atoms with van der Waals surface area (Å²) < 4.78 is 3.70. The first-order valence-electron chi connectivity index (χ1n) is 9.97. The molecule has 148 valence electrons. The average molecular weight is 380 g/mol. The van der Waals surface area contributed by atoms with E-state index in [0.717, 1.165) is 48.6 Å². The van der Waals surface area contributed by atoms with Crippen molar-refractivity contribution in [3.05, 3.63) is 65.5 Å². The maximum Gasteiger partial charge on any atom is 0.352 e. The number of aromatic nitrogens is 4. The molecule has 6 heteroatoms. The molecule has 0 saturated carbocycles. The zero-order valence-corrected chi connectivity index (χ0v) is 16.8. The highest BCUT2D eigenvalue weighted by molar-refractivity contribution is 5.86. The Bertz CT molecular complexity index is 924. The summed E-state index contributed by atoms with van der Waals surface area (Å²) in [6.45, 7) is 7.19. The SMILES string of the molecule is CCCCc1nc(C(C)CC)n(Cc2ccc(-n3cccc3C(=O)O)cc2)n1. The molecule has 0 aliphatic heterocycles. The number of hydrogen-bond acceptors (Lipinski definition) is 3. The minimum Gasteiger partial charge on any atom is -0.477 e. The van der Waals surface area contributed by atoms with Crippen molar-refractivity contribution in [2.45, 2.75) is 58.9 Å². The lowest BCUT2D eigenvalue weighted by Gasteiger charge is -2.11. The molecule has 0 aliphatic carbocycles. The van der Waals surface area contributed by atoms with E-state index in [0.29, 0.717) is 12.5 Å². The maximum absolute atomic E-state index is 11.3. The lowest BCUT2D eigenvalue weighted by molar-refractivity contribution is 0.0688. The summed E-state index contributed by atoms with van der Waals surface area (Å²) in [7, 11) is 0. The summed E-state index contributed by atoms with van der Waals surface area (Å²) in [5, 5.41) is 14.0. The Morgan fingerprint density at radius 3 is 2.57 bits per heavy atom. The van der Waals surface area contributed by atoms with E-state index in [4.69, 9.17) is 10.1 Å². The molecule has 0 amide bonds. The number of carboxylic acid groups (broad SMARTS) is 1. The predicted octanol–water partition coefficient (Wildman–Crippen LogP) is 4.67. The summed E-state index contributed by atoms with van der Waals surface area (Å²) >= 11 is 0. The van der Waals surface area contributed by atoms with Gasteiger partial charge in [-0.25, -0.2) is 14.5 Å². The lowest BCUT2D eigenvalue weighted by atomic mass is 10.1. The smallest absolute Gasteiger partial charge is 0.352 e. The van der Waals surface area contributed by atoms with E-state index in [1.165, 1.54) is 0 Å². The number of rotatable bonds is 9. The van der Waals surface area contributed by atoms with E-state index < -0.39 is 5.97 Å². The normalized spacial score (nSPS) is 12.2. The molecular formula is C22H28N4O2. The van der Waals surface area contributed by atoms with Crippen LogP contribution in [0.4, 0.5) is 0 Å². The second kappa shape index (κ2) is 8.87. The Morgan fingerprint density at radius 1 is 1.18 bits per heavy atom. The van der Waals surface area contributed by atoms with Crippen LogP contribution in [0, 0.1) is 0 Å². The molecule has 0 bridgehead atoms. The Morgan fingerprint density at radius 2 is 1.93 bits per heavy atom. The number of nitrogens with zero attached hydrogens (tertiary/aromatic N) is 4. The molecule has 0 spiro atoms. The highest BCUT2D eigenvalue weighted by atomic mass is 16.4. The van der Waals surface area contributed by atoms with Gasteiger partial charge in [-0.3, -0.25) is 0 Å². The minimum atomic E-state index is -0.936. The summed E-state index contributed by atoms with van der Waals surface area (Å²) in [6.07, 6.45) is 5.93. The molecule has 1 aromatic carbocycles. The van der Waals surface area contributed by atoms with Crippen molar-refractivity contribution in [3.8, 4) is 5.69 Å². The van der Waals surface area contributed by atoms with Gasteiger partial charge in [-0.1, -0.05) is 39.3 Å². The zero-order chi connectivity index (χ0) is 20.1. The maximum atomic E-state index is 11.3. The van der Waals surface area contributed by atoms with Crippen LogP contribution in [0.15, 0.2) is 42.6 Å². The van der Waals surface area contributed by atoms with Crippen LogP contribution in [0.3, 0.4) is 0 Å². The van der Waals surface area contributed by atoms with Crippen LogP contribution >= 0.6 is 0 Å². The largest absolute Gasteiger partial charge is 0.477 e. The van der Waals surface area contributed by atoms with Crippen LogP contribution in [-0.4, -0.2) is 30.4 Å². The molecule has 2 aromatic heterocycles. The van der Waals surface area contributed by atoms with Gasteiger partial charge in [-0.2, -0.15) is 5.10 Å². The molecule has 3 rings (SSSR count). The van der Waals surface area contributed by atoms with Crippen molar-refractivity contribution < 1.29 is 9.90 Å². The van der Waals surface area contributed by atoms with Gasteiger partial charge in [0.15, 0.2) is 5.82 Å². The fourth-order valence-electron chi connectivity index (χ4n) is 3.22. The molecule has 1 N–H and O–H groups in total. The van der Waals surface area contributed by atoms with Gasteiger partial charge in [0.1, 0.15) is 11.5 Å². The van der Waals surface area contributed by atoms with Gasteiger partial charge in [-0.15, -0.1) is 0 Å². The first-order chi connectivity index (χ1) is 13.5. The van der Waals surface area contributed by atoms with Crippen LogP contribution in [0.1, 0.15) is 73.7 Å². The molecule has 0 saturated heterocycles. The second-order valence-electron chi connectivity index (χ2n) is 7.19. The molecule has 3 aromatic rings. The van der Waals surface area contributed by atoms with E-state index in [1.807, 2.05) is 28.9 Å². The van der Waals surface area contributed by atoms with Gasteiger partial charge in [0.2, 0.25) is 0 Å². The van der Waals surface area contributed by atoms with Crippen LogP contribution in [0.5, 0.6) is 0 Å². The van der Waals surface area contributed by atoms with Crippen molar-refractivity contribution in [3.63, 3.8) is 0 Å². The van der Waals surface area contributed by atoms with Gasteiger partial charge < -0.3 is 9.67 Å². The third-order valence-electron chi connectivity index (χ3n) is 5.07. The van der Waals surface area contributed by atoms with Crippen molar-refractivity contribution >= 4 is 5.97 Å². The quantitative estimate of drug-likeness (QED) is 0.585. The van der Waals surface area contributed by atoms with Crippen LogP contribution in [0.25, 0.3) is 5.69 Å². The number of carboxylic acids is 1. The van der Waals surface area contributed by atoms with Crippen molar-refractivity contribution in [1.82, 2.24) is 19.3 Å². The van der Waals surface area contributed by atoms with Crippen LogP contribution in [-0.2, 0) is 13.0 Å². The fraction of sp³-hybridized carbons (Fsp3) is 0.409. The minimum absolute atomic E-state index is 0.253. The monoisotopic (exact) mass is 380 g/mol. The molecule has 0 aliphatic rings. The number of aromatic carboxylic acids is 1. The topological polar surface area (TPSA) is 72.9 Å². The summed E-state index contributed by atoms with van der Waals surface area (Å²) in [6, 6.07) is 11.3. The van der Waals surface area contributed by atoms with E-state index >= 15 is 0 Å². The van der Waals surface area contributed by atoms with Crippen molar-refractivity contribution in [2.24, 2.45) is 0 Å². The number of unbranched alkanes of at least 4 members (excludes halogenated alkanes) is 1. The van der Waals surface area contributed by atoms with Gasteiger partial charge in [0, 0.05) is 24.2 Å². The zero-order valence-electron chi connectivity index (χ0n) is 16.8. The van der Waals surface area contributed by atoms with Gasteiger partial charge >= 0.3 is 5.97 Å². The number of carbonyl (C=O) groups is 1. The summed E-state index contributed by atoms with van der Waals surface area (Å²) in [4.78, 5) is 16.1. The van der Waals surface area contributed by atoms with E-state index in [2.05, 4.69) is 20.8 Å². The van der Waals surface area contributed by atoms with Gasteiger partial charge in [0.05, 0.1) is 6.54 Å². The van der Waals surface area contributed by atoms with Crippen molar-refractivity contribution in [1.29, 1.82) is 0 Å². The van der Waals surface area contributed by atoms with Crippen molar-refractivity contribution in [2.75, 3.05) is 0 Å². The summed E-state index contributed by atoms with van der Waals surface area (Å²) in [5.74, 6) is 1.39. The first-order valence-corrected chi connectivity index (χ1v) is 9.97. The lowest BCUT2D eigenvalue weighted by Crippen LogP contribution is -2.10. The molecule has 1 atom stereocenters. The molecule has 0 fully saturated rings. The Balaban J connectivity index is 1.82. The number of hydrogen-bond donors (Lipinski definition) is 1. The van der Waals surface area contributed by atoms with Crippen LogP contribution < -0.4 is 0 Å². The standard InChI is InChI=1S/C22H28N4O2/c1-4-6-9-20-23-21(16(3)5-2)26(24-20)15-17-10-12-18(13-11-17)25-14-7-8-19(25)22(27)28/h7-8,10-14,16H,4-6,9,15H2,1-3H3,(H,27,28). The molecule has 6 nitrogen and oxygen atoms in total. The predicted molar refractivity (Wildman–Crippen MR) is 109 cm³/mol. The Hall–Kier alpha value is -2.89. The average Bonchev–Trinajstić information content (AvgIpc) is 3.34. The Kier molecular flexibility index (Phi) is 6.29. The molecule has 2 heterocycles. The van der Waals surface area contributed by atoms with E-state index in [1.54, 1.807) is 22.9 Å². The number of benzene rings is 1. The van der Waals surface area contributed by atoms with Gasteiger partial charge in [-0.05, 0) is 42.7 Å².